The van der Waals surface area contributed by atoms with Gasteiger partial charge in [0.15, 0.2) is 6.10 Å². The molecule has 98 valence electrons. The molecule has 0 N–H and O–H groups in total. The van der Waals surface area contributed by atoms with E-state index in [0.29, 0.717) is 6.54 Å². The number of hydrogen-bond donors (Lipinski definition) is 0. The molecule has 3 atom stereocenters. The van der Waals surface area contributed by atoms with Gasteiger partial charge in [0.25, 0.3) is 5.91 Å². The first-order valence-corrected chi connectivity index (χ1v) is 5.69. The van der Waals surface area contributed by atoms with E-state index >= 15 is 0 Å². The Morgan fingerprint density at radius 1 is 1.56 bits per heavy atom. The summed E-state index contributed by atoms with van der Waals surface area (Å²) in [6.45, 7) is 9.43. The van der Waals surface area contributed by atoms with Gasteiger partial charge in [0, 0.05) is 20.8 Å². The van der Waals surface area contributed by atoms with Crippen molar-refractivity contribution in [1.29, 1.82) is 0 Å². The van der Waals surface area contributed by atoms with Crippen molar-refractivity contribution in [3.8, 4) is 0 Å². The monoisotopic (exact) mass is 249 g/mol. The van der Waals surface area contributed by atoms with Gasteiger partial charge in [-0.05, 0) is 18.6 Å². The fourth-order valence-corrected chi connectivity index (χ4v) is 2.15. The van der Waals surface area contributed by atoms with E-state index in [2.05, 4.69) is 24.6 Å². The van der Waals surface area contributed by atoms with Crippen LogP contribution in [0.2, 0.25) is 0 Å². The molecule has 0 aliphatic carbocycles. The molecular weight excluding hydrogens is 230 g/mol. The van der Waals surface area contributed by atoms with E-state index in [0.717, 1.165) is 5.57 Å². The first-order valence-electron chi connectivity index (χ1n) is 5.69. The minimum atomic E-state index is -0.475. The summed E-state index contributed by atoms with van der Waals surface area (Å²) in [4.78, 5) is 13.6. The fourth-order valence-electron chi connectivity index (χ4n) is 2.15. The van der Waals surface area contributed by atoms with Gasteiger partial charge in [-0.2, -0.15) is 0 Å². The Hall–Kier alpha value is -1.57. The quantitative estimate of drug-likeness (QED) is 0.526. The van der Waals surface area contributed by atoms with Crippen LogP contribution in [0.1, 0.15) is 6.92 Å². The van der Waals surface area contributed by atoms with Crippen LogP contribution in [0.25, 0.3) is 0 Å². The lowest BCUT2D eigenvalue weighted by Crippen LogP contribution is -2.69. The van der Waals surface area contributed by atoms with Crippen molar-refractivity contribution in [3.63, 3.8) is 0 Å². The third-order valence-corrected chi connectivity index (χ3v) is 3.15. The molecule has 0 aromatic carbocycles. The Morgan fingerprint density at radius 2 is 2.22 bits per heavy atom. The molecule has 0 spiro atoms. The molecule has 0 unspecified atom stereocenters. The molecule has 1 heterocycles. The van der Waals surface area contributed by atoms with E-state index in [-0.39, 0.29) is 18.1 Å². The van der Waals surface area contributed by atoms with Crippen LogP contribution in [-0.4, -0.2) is 49.8 Å². The van der Waals surface area contributed by atoms with Crippen molar-refractivity contribution >= 4 is 5.91 Å². The molecule has 1 amide bonds. The van der Waals surface area contributed by atoms with Crippen molar-refractivity contribution in [2.45, 2.75) is 25.2 Å². The number of methoxy groups -OCH3 is 2. The normalized spacial score (nSPS) is 23.7. The molecule has 0 bridgehead atoms. The van der Waals surface area contributed by atoms with Gasteiger partial charge in [-0.15, -0.1) is 11.5 Å². The molecule has 1 aliphatic rings. The first-order chi connectivity index (χ1) is 8.62. The summed E-state index contributed by atoms with van der Waals surface area (Å²) in [6.07, 6.45) is 0.969. The van der Waals surface area contributed by atoms with E-state index < -0.39 is 6.10 Å². The number of nitrogens with zero attached hydrogens (tertiary/aromatic N) is 1. The van der Waals surface area contributed by atoms with Crippen LogP contribution in [0, 0.1) is 0 Å². The second kappa shape index (κ2) is 6.39. The number of β-lactam (4-membered cyclic amide) rings is 1. The summed E-state index contributed by atoms with van der Waals surface area (Å²) < 4.78 is 10.7. The number of likely N-dealkylation sites (tertiary alicyclic amines) is 1. The highest BCUT2D eigenvalue weighted by molar-refractivity contribution is 5.89. The third-order valence-electron chi connectivity index (χ3n) is 3.15. The zero-order valence-corrected chi connectivity index (χ0v) is 11.1. The van der Waals surface area contributed by atoms with Gasteiger partial charge in [-0.25, -0.2) is 0 Å². The Kier molecular flexibility index (Phi) is 5.14. The summed E-state index contributed by atoms with van der Waals surface area (Å²) in [5.41, 5.74) is 6.32. The highest BCUT2D eigenvalue weighted by Gasteiger charge is 2.51. The number of rotatable bonds is 6. The molecule has 1 aliphatic heterocycles. The number of hydrogen-bond acceptors (Lipinski definition) is 3. The van der Waals surface area contributed by atoms with Crippen molar-refractivity contribution in [1.82, 2.24) is 4.90 Å². The fraction of sp³-hybridized carbons (Fsp3) is 0.500. The molecule has 1 rings (SSSR count). The van der Waals surface area contributed by atoms with Crippen LogP contribution in [0.4, 0.5) is 0 Å². The van der Waals surface area contributed by atoms with Crippen molar-refractivity contribution in [2.75, 3.05) is 20.8 Å². The van der Waals surface area contributed by atoms with E-state index in [1.54, 1.807) is 18.1 Å². The SMILES string of the molecule is C=C=CCN1C(=O)[C@H](OC)[C@@H]1[C@H](OC)C(C)=C=C. The molecular formula is C14H19NO3. The maximum atomic E-state index is 11.9. The minimum absolute atomic E-state index is 0.0482. The van der Waals surface area contributed by atoms with Gasteiger partial charge in [0.05, 0.1) is 6.04 Å². The number of carbonyl (C=O) groups excluding carboxylic acids is 1. The molecule has 1 fully saturated rings. The van der Waals surface area contributed by atoms with Crippen LogP contribution in [0.15, 0.2) is 36.3 Å². The number of amides is 1. The third kappa shape index (κ3) is 2.47. The zero-order valence-electron chi connectivity index (χ0n) is 11.1. The summed E-state index contributed by atoms with van der Waals surface area (Å²) in [5, 5.41) is 0. The summed E-state index contributed by atoms with van der Waals surface area (Å²) in [6, 6.07) is -0.161. The predicted molar refractivity (Wildman–Crippen MR) is 69.1 cm³/mol. The van der Waals surface area contributed by atoms with Crippen molar-refractivity contribution in [2.24, 2.45) is 0 Å². The van der Waals surface area contributed by atoms with Gasteiger partial charge in [-0.3, -0.25) is 4.79 Å². The Bertz CT molecular complexity index is 417. The molecule has 0 aromatic rings. The Morgan fingerprint density at radius 3 is 2.67 bits per heavy atom. The molecule has 18 heavy (non-hydrogen) atoms. The molecule has 1 saturated heterocycles. The maximum Gasteiger partial charge on any atom is 0.254 e. The molecule has 0 aromatic heterocycles. The lowest BCUT2D eigenvalue weighted by atomic mass is 9.89. The van der Waals surface area contributed by atoms with Gasteiger partial charge < -0.3 is 14.4 Å². The van der Waals surface area contributed by atoms with E-state index in [4.69, 9.17) is 9.47 Å². The largest absolute Gasteiger partial charge is 0.374 e. The second-order valence-corrected chi connectivity index (χ2v) is 4.06. The van der Waals surface area contributed by atoms with E-state index in [1.807, 2.05) is 6.92 Å². The average Bonchev–Trinajstić information content (AvgIpc) is 2.39. The zero-order chi connectivity index (χ0) is 13.7. The molecule has 4 heteroatoms. The van der Waals surface area contributed by atoms with Gasteiger partial charge in [0.1, 0.15) is 6.10 Å². The van der Waals surface area contributed by atoms with Crippen LogP contribution in [0.5, 0.6) is 0 Å². The highest BCUT2D eigenvalue weighted by atomic mass is 16.5. The van der Waals surface area contributed by atoms with E-state index in [9.17, 15) is 4.79 Å². The molecule has 0 radical (unpaired) electrons. The van der Waals surface area contributed by atoms with Gasteiger partial charge in [0.2, 0.25) is 0 Å². The number of carbonyl (C=O) groups is 1. The number of ether oxygens (including phenoxy) is 2. The van der Waals surface area contributed by atoms with Gasteiger partial charge >= 0.3 is 0 Å². The van der Waals surface area contributed by atoms with Crippen molar-refractivity contribution in [3.05, 3.63) is 36.3 Å². The van der Waals surface area contributed by atoms with Crippen LogP contribution >= 0.6 is 0 Å². The molecule has 4 nitrogen and oxygen atoms in total. The predicted octanol–water partition coefficient (Wildman–Crippen LogP) is 1.30. The first kappa shape index (κ1) is 14.5. The summed E-state index contributed by atoms with van der Waals surface area (Å²) in [5.74, 6) is -0.0482. The van der Waals surface area contributed by atoms with Crippen molar-refractivity contribution < 1.29 is 14.3 Å². The summed E-state index contributed by atoms with van der Waals surface area (Å²) >= 11 is 0. The van der Waals surface area contributed by atoms with Crippen LogP contribution < -0.4 is 0 Å². The second-order valence-electron chi connectivity index (χ2n) is 4.06. The maximum absolute atomic E-state index is 11.9. The topological polar surface area (TPSA) is 38.8 Å². The standard InChI is InChI=1S/C14H19NO3/c1-6-8-9-15-11(13(18-5)14(15)16)12(17-4)10(3)7-2/h8,11-13H,1-2,9H2,3-5H3/t11-,12+,13+/m0/s1. The average molecular weight is 249 g/mol. The smallest absolute Gasteiger partial charge is 0.254 e. The van der Waals surface area contributed by atoms with Crippen LogP contribution in [0.3, 0.4) is 0 Å². The van der Waals surface area contributed by atoms with Crippen LogP contribution in [-0.2, 0) is 14.3 Å². The lowest BCUT2D eigenvalue weighted by Gasteiger charge is -2.48. The molecule has 0 saturated carbocycles. The highest BCUT2D eigenvalue weighted by Crippen LogP contribution is 2.29. The lowest BCUT2D eigenvalue weighted by molar-refractivity contribution is -0.178. The summed E-state index contributed by atoms with van der Waals surface area (Å²) in [7, 11) is 3.12. The minimum Gasteiger partial charge on any atom is -0.374 e. The van der Waals surface area contributed by atoms with Gasteiger partial charge in [-0.1, -0.05) is 13.2 Å². The van der Waals surface area contributed by atoms with E-state index in [1.165, 1.54) is 7.11 Å². The Labute approximate surface area is 108 Å². The Balaban J connectivity index is 2.95.